The van der Waals surface area contributed by atoms with Crippen molar-refractivity contribution in [2.24, 2.45) is 0 Å². The highest BCUT2D eigenvalue weighted by Crippen LogP contribution is 2.28. The number of morpholine rings is 1. The molecule has 31 heavy (non-hydrogen) atoms. The third kappa shape index (κ3) is 4.67. The molecule has 0 bridgehead atoms. The van der Waals surface area contributed by atoms with Gasteiger partial charge in [0.15, 0.2) is 0 Å². The number of rotatable bonds is 6. The van der Waals surface area contributed by atoms with Gasteiger partial charge in [0.25, 0.3) is 11.8 Å². The van der Waals surface area contributed by atoms with Gasteiger partial charge in [-0.3, -0.25) is 9.59 Å². The lowest BCUT2D eigenvalue weighted by atomic mass is 10.1. The van der Waals surface area contributed by atoms with Crippen LogP contribution in [-0.4, -0.2) is 55.3 Å². The van der Waals surface area contributed by atoms with E-state index in [0.29, 0.717) is 40.3 Å². The highest BCUT2D eigenvalue weighted by Gasteiger charge is 2.24. The molecule has 0 aliphatic carbocycles. The molecule has 0 saturated carbocycles. The molecule has 1 fully saturated rings. The van der Waals surface area contributed by atoms with E-state index in [1.54, 1.807) is 42.3 Å². The van der Waals surface area contributed by atoms with Gasteiger partial charge >= 0.3 is 0 Å². The summed E-state index contributed by atoms with van der Waals surface area (Å²) in [5, 5.41) is 3.81. The molecule has 1 atom stereocenters. The number of carbonyl (C=O) groups is 2. The van der Waals surface area contributed by atoms with Crippen molar-refractivity contribution in [3.8, 4) is 0 Å². The normalized spacial score (nSPS) is 15.3. The number of hydrogen-bond acceptors (Lipinski definition) is 5. The minimum absolute atomic E-state index is 0.0139. The van der Waals surface area contributed by atoms with E-state index in [9.17, 15) is 9.59 Å². The van der Waals surface area contributed by atoms with Crippen molar-refractivity contribution in [2.45, 2.75) is 6.04 Å². The Labute approximate surface area is 188 Å². The number of hydrogen-bond donors (Lipinski definition) is 2. The molecule has 1 aliphatic rings. The first-order valence-corrected chi connectivity index (χ1v) is 10.3. The Kier molecular flexibility index (Phi) is 6.43. The number of benzene rings is 2. The number of fused-ring (bicyclic) bond motifs is 1. The summed E-state index contributed by atoms with van der Waals surface area (Å²) in [5.41, 5.74) is 2.40. The third-order valence-corrected chi connectivity index (χ3v) is 5.46. The molecule has 2 heterocycles. The maximum Gasteiger partial charge on any atom is 0.253 e. The minimum atomic E-state index is -0.511. The largest absolute Gasteiger partial charge is 0.382 e. The number of ether oxygens (including phenoxy) is 2. The second-order valence-corrected chi connectivity index (χ2v) is 7.87. The van der Waals surface area contributed by atoms with Crippen molar-refractivity contribution in [3.05, 3.63) is 57.8 Å². The molecular weight excluding hydrogens is 443 g/mol. The lowest BCUT2D eigenvalue weighted by molar-refractivity contribution is -0.125. The number of imidazole rings is 1. The van der Waals surface area contributed by atoms with E-state index in [1.165, 1.54) is 6.07 Å². The second-order valence-electron chi connectivity index (χ2n) is 7.03. The van der Waals surface area contributed by atoms with E-state index in [4.69, 9.17) is 32.7 Å². The fourth-order valence-corrected chi connectivity index (χ4v) is 3.86. The third-order valence-electron chi connectivity index (χ3n) is 4.92. The second kappa shape index (κ2) is 9.23. The number of nitrogens with one attached hydrogen (secondary N) is 2. The standard InChI is InChI=1S/C21H20Cl2N4O4/c1-30-10-17(20-24-15-4-3-13(22)9-16(15)25-20)26-21(29)12-2-5-18(14(23)8-12)27-6-7-31-11-19(27)28/h2-5,8-9,17H,6-7,10-11H2,1H3,(H,24,25)(H,26,29)/t17-/m0/s1. The average Bonchev–Trinajstić information content (AvgIpc) is 3.17. The van der Waals surface area contributed by atoms with E-state index in [0.717, 1.165) is 11.0 Å². The fourth-order valence-electron chi connectivity index (χ4n) is 3.40. The Bertz CT molecular complexity index is 1130. The minimum Gasteiger partial charge on any atom is -0.382 e. The van der Waals surface area contributed by atoms with Crippen LogP contribution in [0.2, 0.25) is 10.0 Å². The molecule has 0 unspecified atom stereocenters. The van der Waals surface area contributed by atoms with Crippen molar-refractivity contribution in [1.29, 1.82) is 0 Å². The van der Waals surface area contributed by atoms with Gasteiger partial charge in [0, 0.05) is 24.2 Å². The zero-order valence-corrected chi connectivity index (χ0v) is 18.2. The number of amides is 2. The Morgan fingerprint density at radius 3 is 2.90 bits per heavy atom. The number of H-pyrrole nitrogens is 1. The molecule has 8 nitrogen and oxygen atoms in total. The van der Waals surface area contributed by atoms with Gasteiger partial charge in [0.05, 0.1) is 35.0 Å². The van der Waals surface area contributed by atoms with Gasteiger partial charge in [-0.25, -0.2) is 4.98 Å². The lowest BCUT2D eigenvalue weighted by Crippen LogP contribution is -2.41. The van der Waals surface area contributed by atoms with Crippen LogP contribution in [0.15, 0.2) is 36.4 Å². The summed E-state index contributed by atoms with van der Waals surface area (Å²) in [6.45, 7) is 1.08. The molecular formula is C21H20Cl2N4O4. The first-order chi connectivity index (χ1) is 15.0. The Morgan fingerprint density at radius 1 is 1.32 bits per heavy atom. The van der Waals surface area contributed by atoms with Crippen LogP contribution in [0.1, 0.15) is 22.2 Å². The summed E-state index contributed by atoms with van der Waals surface area (Å²) < 4.78 is 10.4. The van der Waals surface area contributed by atoms with Gasteiger partial charge in [0.2, 0.25) is 0 Å². The molecule has 0 radical (unpaired) electrons. The molecule has 2 N–H and O–H groups in total. The van der Waals surface area contributed by atoms with Crippen molar-refractivity contribution in [3.63, 3.8) is 0 Å². The zero-order valence-electron chi connectivity index (χ0n) is 16.7. The Balaban J connectivity index is 1.54. The van der Waals surface area contributed by atoms with Crippen LogP contribution in [0.25, 0.3) is 11.0 Å². The zero-order chi connectivity index (χ0) is 22.0. The van der Waals surface area contributed by atoms with Crippen LogP contribution in [0, 0.1) is 0 Å². The molecule has 2 aromatic carbocycles. The molecule has 1 aliphatic heterocycles. The van der Waals surface area contributed by atoms with E-state index in [1.807, 2.05) is 0 Å². The first-order valence-electron chi connectivity index (χ1n) is 9.59. The van der Waals surface area contributed by atoms with Crippen LogP contribution in [-0.2, 0) is 14.3 Å². The molecule has 4 rings (SSSR count). The van der Waals surface area contributed by atoms with Gasteiger partial charge in [-0.15, -0.1) is 0 Å². The smallest absolute Gasteiger partial charge is 0.253 e. The summed E-state index contributed by atoms with van der Waals surface area (Å²) in [6, 6.07) is 9.64. The number of nitrogens with zero attached hydrogens (tertiary/aromatic N) is 2. The monoisotopic (exact) mass is 462 g/mol. The molecule has 1 aromatic heterocycles. The van der Waals surface area contributed by atoms with Gasteiger partial charge in [0.1, 0.15) is 18.5 Å². The van der Waals surface area contributed by atoms with E-state index >= 15 is 0 Å². The van der Waals surface area contributed by atoms with E-state index < -0.39 is 6.04 Å². The number of aromatic amines is 1. The van der Waals surface area contributed by atoms with Gasteiger partial charge < -0.3 is 24.7 Å². The van der Waals surface area contributed by atoms with E-state index in [-0.39, 0.29) is 25.0 Å². The van der Waals surface area contributed by atoms with Crippen molar-refractivity contribution in [2.75, 3.05) is 38.4 Å². The number of aromatic nitrogens is 2. The van der Waals surface area contributed by atoms with Crippen molar-refractivity contribution < 1.29 is 19.1 Å². The highest BCUT2D eigenvalue weighted by atomic mass is 35.5. The maximum atomic E-state index is 12.9. The summed E-state index contributed by atoms with van der Waals surface area (Å²) in [7, 11) is 1.55. The van der Waals surface area contributed by atoms with Crippen molar-refractivity contribution >= 4 is 51.7 Å². The number of anilines is 1. The van der Waals surface area contributed by atoms with Crippen LogP contribution in [0.4, 0.5) is 5.69 Å². The molecule has 162 valence electrons. The van der Waals surface area contributed by atoms with Crippen LogP contribution >= 0.6 is 23.2 Å². The predicted molar refractivity (Wildman–Crippen MR) is 118 cm³/mol. The summed E-state index contributed by atoms with van der Waals surface area (Å²) in [6.07, 6.45) is 0. The Hall–Kier alpha value is -2.65. The summed E-state index contributed by atoms with van der Waals surface area (Å²) in [5.74, 6) is 0.0342. The number of halogens is 2. The molecule has 0 spiro atoms. The molecule has 10 heteroatoms. The van der Waals surface area contributed by atoms with Gasteiger partial charge in [-0.2, -0.15) is 0 Å². The average molecular weight is 463 g/mol. The fraction of sp³-hybridized carbons (Fsp3) is 0.286. The highest BCUT2D eigenvalue weighted by molar-refractivity contribution is 6.34. The SMILES string of the molecule is COC[C@H](NC(=O)c1ccc(N2CCOCC2=O)c(Cl)c1)c1nc2ccc(Cl)cc2[nH]1. The lowest BCUT2D eigenvalue weighted by Gasteiger charge is -2.27. The summed E-state index contributed by atoms with van der Waals surface area (Å²) in [4.78, 5) is 34.2. The number of methoxy groups -OCH3 is 1. The van der Waals surface area contributed by atoms with Crippen LogP contribution in [0.5, 0.6) is 0 Å². The molecule has 3 aromatic rings. The maximum absolute atomic E-state index is 12.9. The quantitative estimate of drug-likeness (QED) is 0.585. The van der Waals surface area contributed by atoms with Gasteiger partial charge in [-0.1, -0.05) is 23.2 Å². The van der Waals surface area contributed by atoms with E-state index in [2.05, 4.69) is 15.3 Å². The van der Waals surface area contributed by atoms with Gasteiger partial charge in [-0.05, 0) is 36.4 Å². The topological polar surface area (TPSA) is 96.6 Å². The van der Waals surface area contributed by atoms with Crippen LogP contribution in [0.3, 0.4) is 0 Å². The Morgan fingerprint density at radius 2 is 2.16 bits per heavy atom. The predicted octanol–water partition coefficient (Wildman–Crippen LogP) is 3.35. The number of carbonyl (C=O) groups excluding carboxylic acids is 2. The van der Waals surface area contributed by atoms with Crippen molar-refractivity contribution in [1.82, 2.24) is 15.3 Å². The molecule has 1 saturated heterocycles. The van der Waals surface area contributed by atoms with Crippen LogP contribution < -0.4 is 10.2 Å². The molecule has 2 amide bonds. The summed E-state index contributed by atoms with van der Waals surface area (Å²) >= 11 is 12.4. The first kappa shape index (κ1) is 21.6.